The highest BCUT2D eigenvalue weighted by Gasteiger charge is 2.28. The lowest BCUT2D eigenvalue weighted by atomic mass is 9.98. The van der Waals surface area contributed by atoms with Crippen molar-refractivity contribution in [2.45, 2.75) is 38.6 Å². The number of thioether (sulfide) groups is 1. The topological polar surface area (TPSA) is 77.0 Å². The van der Waals surface area contributed by atoms with Crippen molar-refractivity contribution in [3.63, 3.8) is 0 Å². The molecule has 0 atom stereocenters. The Bertz CT molecular complexity index is 554. The van der Waals surface area contributed by atoms with Crippen LogP contribution in [0, 0.1) is 0 Å². The second-order valence-electron chi connectivity index (χ2n) is 7.54. The number of hydrogen-bond donors (Lipinski definition) is 2. The number of nitrogens with one attached hydrogen (secondary N) is 2. The fourth-order valence-corrected chi connectivity index (χ4v) is 5.88. The SMILES string of the molecule is CN=C(NCCS(=O)(=O)N1CCSCC1)NCC(C)(C)N1CCCCC1. The molecule has 7 nitrogen and oxygen atoms in total. The van der Waals surface area contributed by atoms with Crippen molar-refractivity contribution < 1.29 is 8.42 Å². The van der Waals surface area contributed by atoms with Gasteiger partial charge in [-0.15, -0.1) is 0 Å². The summed E-state index contributed by atoms with van der Waals surface area (Å²) in [5, 5.41) is 6.51. The molecule has 0 aromatic carbocycles. The smallest absolute Gasteiger partial charge is 0.215 e. The minimum absolute atomic E-state index is 0.0512. The number of rotatable bonds is 7. The lowest BCUT2D eigenvalue weighted by Crippen LogP contribution is -2.55. The Kier molecular flexibility index (Phi) is 8.50. The maximum Gasteiger partial charge on any atom is 0.215 e. The molecule has 2 fully saturated rings. The average molecular weight is 406 g/mol. The van der Waals surface area contributed by atoms with E-state index in [1.807, 2.05) is 11.8 Å². The lowest BCUT2D eigenvalue weighted by Gasteiger charge is -2.41. The zero-order valence-electron chi connectivity index (χ0n) is 16.5. The van der Waals surface area contributed by atoms with E-state index in [9.17, 15) is 8.42 Å². The summed E-state index contributed by atoms with van der Waals surface area (Å²) in [7, 11) is -1.46. The fourth-order valence-electron chi connectivity index (χ4n) is 3.38. The molecule has 0 spiro atoms. The van der Waals surface area contributed by atoms with Gasteiger partial charge in [0.1, 0.15) is 0 Å². The Labute approximate surface area is 163 Å². The third kappa shape index (κ3) is 6.58. The van der Waals surface area contributed by atoms with Gasteiger partial charge in [0.15, 0.2) is 5.96 Å². The van der Waals surface area contributed by atoms with Gasteiger partial charge in [-0.1, -0.05) is 6.42 Å². The number of guanidine groups is 1. The van der Waals surface area contributed by atoms with E-state index in [4.69, 9.17) is 0 Å². The van der Waals surface area contributed by atoms with Crippen LogP contribution in [0.3, 0.4) is 0 Å². The molecule has 26 heavy (non-hydrogen) atoms. The van der Waals surface area contributed by atoms with Crippen molar-refractivity contribution in [2.24, 2.45) is 4.99 Å². The molecule has 152 valence electrons. The largest absolute Gasteiger partial charge is 0.355 e. The van der Waals surface area contributed by atoms with E-state index in [2.05, 4.69) is 34.4 Å². The van der Waals surface area contributed by atoms with Crippen molar-refractivity contribution in [1.82, 2.24) is 19.8 Å². The number of aliphatic imine (C=N–C) groups is 1. The predicted molar refractivity (Wildman–Crippen MR) is 112 cm³/mol. The van der Waals surface area contributed by atoms with E-state index in [1.165, 1.54) is 19.3 Å². The van der Waals surface area contributed by atoms with E-state index >= 15 is 0 Å². The molecular weight excluding hydrogens is 370 g/mol. The van der Waals surface area contributed by atoms with Crippen LogP contribution in [-0.2, 0) is 10.0 Å². The third-order valence-corrected chi connectivity index (χ3v) is 7.95. The summed E-state index contributed by atoms with van der Waals surface area (Å²) in [6, 6.07) is 0. The van der Waals surface area contributed by atoms with E-state index in [0.717, 1.165) is 31.1 Å². The summed E-state index contributed by atoms with van der Waals surface area (Å²) in [5.74, 6) is 2.55. The van der Waals surface area contributed by atoms with Gasteiger partial charge in [0.2, 0.25) is 10.0 Å². The van der Waals surface area contributed by atoms with Crippen LogP contribution in [0.25, 0.3) is 0 Å². The van der Waals surface area contributed by atoms with Gasteiger partial charge in [-0.25, -0.2) is 12.7 Å². The second-order valence-corrected chi connectivity index (χ2v) is 10.9. The molecule has 2 aliphatic rings. The number of hydrogen-bond acceptors (Lipinski definition) is 5. The van der Waals surface area contributed by atoms with Crippen molar-refractivity contribution in [2.75, 3.05) is 63.6 Å². The van der Waals surface area contributed by atoms with Crippen LogP contribution < -0.4 is 10.6 Å². The fraction of sp³-hybridized carbons (Fsp3) is 0.941. The normalized spacial score (nSPS) is 21.6. The third-order valence-electron chi connectivity index (χ3n) is 5.14. The Hall–Kier alpha value is -0.510. The maximum atomic E-state index is 12.4. The van der Waals surface area contributed by atoms with Crippen LogP contribution in [0.2, 0.25) is 0 Å². The van der Waals surface area contributed by atoms with E-state index in [0.29, 0.717) is 25.6 Å². The molecule has 0 aliphatic carbocycles. The van der Waals surface area contributed by atoms with E-state index < -0.39 is 10.0 Å². The minimum Gasteiger partial charge on any atom is -0.355 e. The van der Waals surface area contributed by atoms with Crippen molar-refractivity contribution in [1.29, 1.82) is 0 Å². The van der Waals surface area contributed by atoms with Crippen LogP contribution in [0.1, 0.15) is 33.1 Å². The van der Waals surface area contributed by atoms with Gasteiger partial charge >= 0.3 is 0 Å². The van der Waals surface area contributed by atoms with Crippen LogP contribution in [0.4, 0.5) is 0 Å². The van der Waals surface area contributed by atoms with E-state index in [1.54, 1.807) is 11.4 Å². The molecule has 2 aliphatic heterocycles. The van der Waals surface area contributed by atoms with Gasteiger partial charge in [-0.05, 0) is 39.8 Å². The first-order chi connectivity index (χ1) is 12.3. The number of piperidine rings is 1. The molecule has 0 aromatic heterocycles. The molecule has 0 bridgehead atoms. The lowest BCUT2D eigenvalue weighted by molar-refractivity contribution is 0.0982. The molecule has 0 saturated carbocycles. The Morgan fingerprint density at radius 3 is 2.35 bits per heavy atom. The number of likely N-dealkylation sites (tertiary alicyclic amines) is 1. The molecule has 0 unspecified atom stereocenters. The first-order valence-corrected chi connectivity index (χ1v) is 12.4. The maximum absolute atomic E-state index is 12.4. The summed E-state index contributed by atoms with van der Waals surface area (Å²) < 4.78 is 26.4. The molecule has 2 saturated heterocycles. The molecule has 0 amide bonds. The Balaban J connectivity index is 1.75. The summed E-state index contributed by atoms with van der Waals surface area (Å²) in [4.78, 5) is 6.76. The Morgan fingerprint density at radius 2 is 1.73 bits per heavy atom. The summed E-state index contributed by atoms with van der Waals surface area (Å²) >= 11 is 1.81. The number of nitrogens with zero attached hydrogens (tertiary/aromatic N) is 3. The molecular formula is C17H35N5O2S2. The highest BCUT2D eigenvalue weighted by molar-refractivity contribution is 7.99. The van der Waals surface area contributed by atoms with Gasteiger partial charge in [0.05, 0.1) is 5.75 Å². The van der Waals surface area contributed by atoms with Crippen LogP contribution in [0.15, 0.2) is 4.99 Å². The first-order valence-electron chi connectivity index (χ1n) is 9.60. The molecule has 2 rings (SSSR count). The second kappa shape index (κ2) is 10.1. The van der Waals surface area contributed by atoms with Gasteiger partial charge in [0, 0.05) is 50.3 Å². The predicted octanol–water partition coefficient (Wildman–Crippen LogP) is 0.795. The van der Waals surface area contributed by atoms with Gasteiger partial charge < -0.3 is 10.6 Å². The first kappa shape index (κ1) is 21.8. The summed E-state index contributed by atoms with van der Waals surface area (Å²) in [5.41, 5.74) is 0.0512. The minimum atomic E-state index is -3.18. The molecule has 2 heterocycles. The summed E-state index contributed by atoms with van der Waals surface area (Å²) in [6.45, 7) is 9.20. The van der Waals surface area contributed by atoms with Crippen molar-refractivity contribution in [3.8, 4) is 0 Å². The van der Waals surface area contributed by atoms with Crippen LogP contribution >= 0.6 is 11.8 Å². The average Bonchev–Trinajstić information content (AvgIpc) is 2.66. The van der Waals surface area contributed by atoms with Gasteiger partial charge in [-0.2, -0.15) is 11.8 Å². The van der Waals surface area contributed by atoms with Crippen molar-refractivity contribution >= 4 is 27.7 Å². The number of sulfonamides is 1. The summed E-state index contributed by atoms with van der Waals surface area (Å²) in [6.07, 6.45) is 3.86. The molecule has 9 heteroatoms. The Morgan fingerprint density at radius 1 is 1.08 bits per heavy atom. The van der Waals surface area contributed by atoms with Gasteiger partial charge in [-0.3, -0.25) is 9.89 Å². The van der Waals surface area contributed by atoms with Crippen LogP contribution in [-0.4, -0.2) is 92.7 Å². The highest BCUT2D eigenvalue weighted by atomic mass is 32.2. The van der Waals surface area contributed by atoms with Crippen molar-refractivity contribution in [3.05, 3.63) is 0 Å². The molecule has 2 N–H and O–H groups in total. The quantitative estimate of drug-likeness (QED) is 0.482. The van der Waals surface area contributed by atoms with Crippen LogP contribution in [0.5, 0.6) is 0 Å². The standard InChI is InChI=1S/C17H35N5O2S2/c1-17(2,21-8-5-4-6-9-21)15-20-16(18-3)19-7-14-26(23,24)22-10-12-25-13-11-22/h4-15H2,1-3H3,(H2,18,19,20). The molecule has 0 aromatic rings. The zero-order valence-corrected chi connectivity index (χ0v) is 18.1. The van der Waals surface area contributed by atoms with Gasteiger partial charge in [0.25, 0.3) is 0 Å². The highest BCUT2D eigenvalue weighted by Crippen LogP contribution is 2.19. The molecule has 0 radical (unpaired) electrons. The zero-order chi connectivity index (χ0) is 19.0. The van der Waals surface area contributed by atoms with E-state index in [-0.39, 0.29) is 11.3 Å². The monoisotopic (exact) mass is 405 g/mol.